The van der Waals surface area contributed by atoms with Gasteiger partial charge in [0.1, 0.15) is 0 Å². The molecule has 0 saturated carbocycles. The van der Waals surface area contributed by atoms with Crippen molar-refractivity contribution in [3.63, 3.8) is 0 Å². The van der Waals surface area contributed by atoms with E-state index in [4.69, 9.17) is 11.6 Å². The highest BCUT2D eigenvalue weighted by Gasteiger charge is 2.27. The van der Waals surface area contributed by atoms with Gasteiger partial charge >= 0.3 is 0 Å². The Hall–Kier alpha value is -1.10. The second-order valence-corrected chi connectivity index (χ2v) is 4.96. The third-order valence-corrected chi connectivity index (χ3v) is 3.26. The summed E-state index contributed by atoms with van der Waals surface area (Å²) in [7, 11) is 0. The lowest BCUT2D eigenvalue weighted by atomic mass is 10.1. The molecule has 0 unspecified atom stereocenters. The minimum Gasteiger partial charge on any atom is -0.392 e. The lowest BCUT2D eigenvalue weighted by molar-refractivity contribution is -0.122. The number of aliphatic hydroxyl groups excluding tert-OH is 1. The summed E-state index contributed by atoms with van der Waals surface area (Å²) >= 11 is 5.88. The van der Waals surface area contributed by atoms with Crippen molar-refractivity contribution in [2.75, 3.05) is 13.1 Å². The van der Waals surface area contributed by atoms with Gasteiger partial charge in [-0.15, -0.1) is 0 Å². The Labute approximate surface area is 111 Å². The SMILES string of the molecule is O=C(NCCc1cccc(Cl)c1)[C@H]1C[C@H](O)CN1. The molecule has 1 saturated heterocycles. The summed E-state index contributed by atoms with van der Waals surface area (Å²) in [5.41, 5.74) is 1.10. The van der Waals surface area contributed by atoms with Gasteiger partial charge in [0.05, 0.1) is 12.1 Å². The Morgan fingerprint density at radius 3 is 3.06 bits per heavy atom. The van der Waals surface area contributed by atoms with Crippen LogP contribution in [0.3, 0.4) is 0 Å². The molecule has 0 spiro atoms. The number of amides is 1. The topological polar surface area (TPSA) is 61.4 Å². The number of hydrogen-bond acceptors (Lipinski definition) is 3. The van der Waals surface area contributed by atoms with Gasteiger partial charge in [-0.3, -0.25) is 4.79 Å². The van der Waals surface area contributed by atoms with E-state index < -0.39 is 6.10 Å². The van der Waals surface area contributed by atoms with Gasteiger partial charge < -0.3 is 15.7 Å². The number of rotatable bonds is 4. The van der Waals surface area contributed by atoms with Crippen molar-refractivity contribution in [3.8, 4) is 0 Å². The van der Waals surface area contributed by atoms with Crippen LogP contribution in [0.4, 0.5) is 0 Å². The summed E-state index contributed by atoms with van der Waals surface area (Å²) < 4.78 is 0. The number of β-amino-alcohol motifs (C(OH)–C–C–N with tert-alkyl or cyclic N) is 1. The maximum absolute atomic E-state index is 11.7. The zero-order chi connectivity index (χ0) is 13.0. The van der Waals surface area contributed by atoms with Crippen LogP contribution in [-0.2, 0) is 11.2 Å². The van der Waals surface area contributed by atoms with Gasteiger partial charge in [-0.2, -0.15) is 0 Å². The fraction of sp³-hybridized carbons (Fsp3) is 0.462. The van der Waals surface area contributed by atoms with Gasteiger partial charge in [0.2, 0.25) is 5.91 Å². The summed E-state index contributed by atoms with van der Waals surface area (Å²) in [5, 5.41) is 15.9. The lowest BCUT2D eigenvalue weighted by Gasteiger charge is -2.11. The molecule has 1 aromatic carbocycles. The first-order valence-electron chi connectivity index (χ1n) is 6.09. The van der Waals surface area contributed by atoms with Crippen molar-refractivity contribution in [2.45, 2.75) is 25.0 Å². The molecule has 0 aliphatic carbocycles. The molecule has 2 atom stereocenters. The van der Waals surface area contributed by atoms with E-state index in [1.807, 2.05) is 24.3 Å². The van der Waals surface area contributed by atoms with E-state index in [0.29, 0.717) is 24.5 Å². The Balaban J connectivity index is 1.73. The van der Waals surface area contributed by atoms with Gasteiger partial charge in [0.15, 0.2) is 0 Å². The first kappa shape index (κ1) is 13.3. The Morgan fingerprint density at radius 1 is 1.56 bits per heavy atom. The number of carbonyl (C=O) groups is 1. The highest BCUT2D eigenvalue weighted by molar-refractivity contribution is 6.30. The van der Waals surface area contributed by atoms with Crippen LogP contribution in [-0.4, -0.2) is 36.2 Å². The predicted octanol–water partition coefficient (Wildman–Crippen LogP) is 0.721. The summed E-state index contributed by atoms with van der Waals surface area (Å²) in [6, 6.07) is 7.34. The van der Waals surface area contributed by atoms with E-state index in [2.05, 4.69) is 10.6 Å². The van der Waals surface area contributed by atoms with Crippen LogP contribution < -0.4 is 10.6 Å². The van der Waals surface area contributed by atoms with Crippen LogP contribution in [0, 0.1) is 0 Å². The van der Waals surface area contributed by atoms with E-state index in [1.165, 1.54) is 0 Å². The lowest BCUT2D eigenvalue weighted by Crippen LogP contribution is -2.41. The summed E-state index contributed by atoms with van der Waals surface area (Å²) in [6.45, 7) is 1.07. The van der Waals surface area contributed by atoms with E-state index >= 15 is 0 Å². The molecule has 1 heterocycles. The van der Waals surface area contributed by atoms with Crippen LogP contribution in [0.1, 0.15) is 12.0 Å². The summed E-state index contributed by atoms with van der Waals surface area (Å²) in [4.78, 5) is 11.7. The standard InChI is InChI=1S/C13H17ClN2O2/c14-10-3-1-2-9(6-10)4-5-15-13(18)12-7-11(17)8-16-12/h1-3,6,11-12,16-17H,4-5,7-8H2,(H,15,18)/t11-,12+/m0/s1. The van der Waals surface area contributed by atoms with Crippen LogP contribution in [0.5, 0.6) is 0 Å². The zero-order valence-electron chi connectivity index (χ0n) is 10.0. The van der Waals surface area contributed by atoms with Crippen molar-refractivity contribution < 1.29 is 9.90 Å². The van der Waals surface area contributed by atoms with Crippen molar-refractivity contribution in [1.82, 2.24) is 10.6 Å². The predicted molar refractivity (Wildman–Crippen MR) is 70.6 cm³/mol. The van der Waals surface area contributed by atoms with E-state index in [0.717, 1.165) is 12.0 Å². The second kappa shape index (κ2) is 6.18. The quantitative estimate of drug-likeness (QED) is 0.754. The molecule has 2 rings (SSSR count). The Kier molecular flexibility index (Phi) is 4.58. The normalized spacial score (nSPS) is 23.0. The molecule has 98 valence electrons. The molecule has 0 bridgehead atoms. The molecule has 1 aliphatic heterocycles. The van der Waals surface area contributed by atoms with Crippen LogP contribution in [0.2, 0.25) is 5.02 Å². The van der Waals surface area contributed by atoms with Crippen LogP contribution >= 0.6 is 11.6 Å². The molecule has 4 nitrogen and oxygen atoms in total. The first-order valence-corrected chi connectivity index (χ1v) is 6.46. The van der Waals surface area contributed by atoms with Gasteiger partial charge in [0, 0.05) is 18.1 Å². The van der Waals surface area contributed by atoms with Crippen LogP contribution in [0.15, 0.2) is 24.3 Å². The molecular weight excluding hydrogens is 252 g/mol. The Bertz CT molecular complexity index is 425. The number of halogens is 1. The molecule has 3 N–H and O–H groups in total. The fourth-order valence-electron chi connectivity index (χ4n) is 2.06. The number of nitrogens with one attached hydrogen (secondary N) is 2. The molecule has 5 heteroatoms. The molecule has 0 radical (unpaired) electrons. The molecule has 1 aromatic rings. The average molecular weight is 269 g/mol. The Morgan fingerprint density at radius 2 is 2.39 bits per heavy atom. The largest absolute Gasteiger partial charge is 0.392 e. The minimum absolute atomic E-state index is 0.0476. The second-order valence-electron chi connectivity index (χ2n) is 4.52. The summed E-state index contributed by atoms with van der Waals surface area (Å²) in [5.74, 6) is -0.0476. The molecule has 1 fully saturated rings. The van der Waals surface area contributed by atoms with Crippen molar-refractivity contribution >= 4 is 17.5 Å². The van der Waals surface area contributed by atoms with E-state index in [9.17, 15) is 9.90 Å². The third-order valence-electron chi connectivity index (χ3n) is 3.03. The number of carbonyl (C=O) groups excluding carboxylic acids is 1. The van der Waals surface area contributed by atoms with E-state index in [1.54, 1.807) is 0 Å². The molecule has 18 heavy (non-hydrogen) atoms. The number of hydrogen-bond donors (Lipinski definition) is 3. The highest BCUT2D eigenvalue weighted by atomic mass is 35.5. The minimum atomic E-state index is -0.409. The molecule has 1 amide bonds. The molecular formula is C13H17ClN2O2. The summed E-state index contributed by atoms with van der Waals surface area (Å²) in [6.07, 6.45) is 0.832. The highest BCUT2D eigenvalue weighted by Crippen LogP contribution is 2.11. The van der Waals surface area contributed by atoms with Gasteiger partial charge in [0.25, 0.3) is 0 Å². The van der Waals surface area contributed by atoms with E-state index in [-0.39, 0.29) is 11.9 Å². The molecule has 0 aromatic heterocycles. The number of benzene rings is 1. The maximum Gasteiger partial charge on any atom is 0.237 e. The maximum atomic E-state index is 11.7. The van der Waals surface area contributed by atoms with Gasteiger partial charge in [-0.05, 0) is 30.5 Å². The smallest absolute Gasteiger partial charge is 0.237 e. The molecule has 1 aliphatic rings. The van der Waals surface area contributed by atoms with Crippen molar-refractivity contribution in [2.24, 2.45) is 0 Å². The third kappa shape index (κ3) is 3.70. The van der Waals surface area contributed by atoms with Gasteiger partial charge in [-0.25, -0.2) is 0 Å². The number of aliphatic hydroxyl groups is 1. The van der Waals surface area contributed by atoms with Crippen LogP contribution in [0.25, 0.3) is 0 Å². The monoisotopic (exact) mass is 268 g/mol. The fourth-order valence-corrected chi connectivity index (χ4v) is 2.28. The van der Waals surface area contributed by atoms with Gasteiger partial charge in [-0.1, -0.05) is 23.7 Å². The first-order chi connectivity index (χ1) is 8.65. The van der Waals surface area contributed by atoms with Crippen molar-refractivity contribution in [3.05, 3.63) is 34.9 Å². The zero-order valence-corrected chi connectivity index (χ0v) is 10.8. The average Bonchev–Trinajstić information content (AvgIpc) is 2.76. The van der Waals surface area contributed by atoms with Crippen molar-refractivity contribution in [1.29, 1.82) is 0 Å².